The average Bonchev–Trinajstić information content (AvgIpc) is 2.81. The van der Waals surface area contributed by atoms with Gasteiger partial charge in [0.1, 0.15) is 23.1 Å². The molecule has 0 saturated carbocycles. The van der Waals surface area contributed by atoms with Crippen molar-refractivity contribution in [2.45, 2.75) is 6.18 Å². The van der Waals surface area contributed by atoms with Crippen LogP contribution >= 0.6 is 0 Å². The number of anilines is 2. The lowest BCUT2D eigenvalue weighted by molar-refractivity contribution is -0.137. The molecule has 0 radical (unpaired) electrons. The highest BCUT2D eigenvalue weighted by molar-refractivity contribution is 6.10. The van der Waals surface area contributed by atoms with Crippen molar-refractivity contribution < 1.29 is 31.5 Å². The molecule has 0 aliphatic heterocycles. The fourth-order valence-corrected chi connectivity index (χ4v) is 3.15. The molecule has 0 saturated heterocycles. The number of hydrogen-bond acceptors (Lipinski definition) is 4. The number of ketones is 1. The monoisotopic (exact) mass is 470 g/mol. The number of aromatic nitrogens is 1. The van der Waals surface area contributed by atoms with Gasteiger partial charge < -0.3 is 10.1 Å². The molecule has 0 atom stereocenters. The first-order valence-corrected chi connectivity index (χ1v) is 9.88. The zero-order valence-corrected chi connectivity index (χ0v) is 17.2. The summed E-state index contributed by atoms with van der Waals surface area (Å²) in [6.45, 7) is 0. The number of halogens is 5. The van der Waals surface area contributed by atoms with Crippen LogP contribution in [0.15, 0.2) is 85.1 Å². The standard InChI is InChI=1S/C25H15F5N2O2/c26-16-10-11-20(19(27)14-16)32-22-9-4-7-18(23(33)21-8-1-2-12-31-21)24(22)34-17-6-3-5-15(13-17)25(28,29)30/h1-14,32H. The first-order valence-electron chi connectivity index (χ1n) is 9.88. The lowest BCUT2D eigenvalue weighted by atomic mass is 10.0. The van der Waals surface area contributed by atoms with E-state index < -0.39 is 29.2 Å². The molecule has 4 aromatic rings. The second-order valence-corrected chi connectivity index (χ2v) is 7.10. The summed E-state index contributed by atoms with van der Waals surface area (Å²) in [5.41, 5.74) is -0.954. The van der Waals surface area contributed by atoms with Crippen LogP contribution < -0.4 is 10.1 Å². The molecule has 1 N–H and O–H groups in total. The van der Waals surface area contributed by atoms with Gasteiger partial charge in [-0.1, -0.05) is 18.2 Å². The van der Waals surface area contributed by atoms with Crippen LogP contribution in [0.25, 0.3) is 0 Å². The van der Waals surface area contributed by atoms with Gasteiger partial charge in [0, 0.05) is 12.3 Å². The number of pyridine rings is 1. The van der Waals surface area contributed by atoms with E-state index in [0.29, 0.717) is 6.07 Å². The predicted octanol–water partition coefficient (Wildman–Crippen LogP) is 7.15. The van der Waals surface area contributed by atoms with Crippen molar-refractivity contribution in [3.8, 4) is 11.5 Å². The summed E-state index contributed by atoms with van der Waals surface area (Å²) in [5.74, 6) is -2.61. The number of ether oxygens (including phenoxy) is 1. The molecular weight excluding hydrogens is 455 g/mol. The van der Waals surface area contributed by atoms with Gasteiger partial charge in [0.25, 0.3) is 0 Å². The van der Waals surface area contributed by atoms with Crippen molar-refractivity contribution in [2.24, 2.45) is 0 Å². The number of alkyl halides is 3. The Kier molecular flexibility index (Phi) is 6.27. The van der Waals surface area contributed by atoms with Gasteiger partial charge in [-0.3, -0.25) is 9.78 Å². The first kappa shape index (κ1) is 22.9. The molecule has 9 heteroatoms. The van der Waals surface area contributed by atoms with Crippen molar-refractivity contribution >= 4 is 17.2 Å². The van der Waals surface area contributed by atoms with Crippen molar-refractivity contribution in [3.05, 3.63) is 114 Å². The Morgan fingerprint density at radius 2 is 1.65 bits per heavy atom. The zero-order valence-electron chi connectivity index (χ0n) is 17.2. The number of carbonyl (C=O) groups excluding carboxylic acids is 1. The van der Waals surface area contributed by atoms with E-state index in [-0.39, 0.29) is 34.1 Å². The minimum absolute atomic E-state index is 0.0244. The fourth-order valence-electron chi connectivity index (χ4n) is 3.15. The summed E-state index contributed by atoms with van der Waals surface area (Å²) >= 11 is 0. The zero-order chi connectivity index (χ0) is 24.3. The van der Waals surface area contributed by atoms with E-state index in [9.17, 15) is 26.7 Å². The third-order valence-electron chi connectivity index (χ3n) is 4.74. The third-order valence-corrected chi connectivity index (χ3v) is 4.74. The summed E-state index contributed by atoms with van der Waals surface area (Å²) in [5, 5.41) is 2.72. The summed E-state index contributed by atoms with van der Waals surface area (Å²) in [6.07, 6.45) is -3.20. The summed E-state index contributed by atoms with van der Waals surface area (Å²) in [6, 6.07) is 16.0. The van der Waals surface area contributed by atoms with Gasteiger partial charge in [-0.15, -0.1) is 0 Å². The highest BCUT2D eigenvalue weighted by atomic mass is 19.4. The minimum atomic E-state index is -4.61. The minimum Gasteiger partial charge on any atom is -0.454 e. The van der Waals surface area contributed by atoms with Gasteiger partial charge in [0.05, 0.1) is 22.5 Å². The van der Waals surface area contributed by atoms with Crippen molar-refractivity contribution in [1.82, 2.24) is 4.98 Å². The number of hydrogen-bond donors (Lipinski definition) is 1. The molecule has 0 amide bonds. The van der Waals surface area contributed by atoms with Crippen molar-refractivity contribution in [3.63, 3.8) is 0 Å². The highest BCUT2D eigenvalue weighted by Crippen LogP contribution is 2.38. The molecule has 0 aliphatic rings. The summed E-state index contributed by atoms with van der Waals surface area (Å²) in [7, 11) is 0. The molecular formula is C25H15F5N2O2. The molecule has 0 fully saturated rings. The van der Waals surface area contributed by atoms with Crippen LogP contribution in [0.3, 0.4) is 0 Å². The van der Waals surface area contributed by atoms with Crippen LogP contribution in [-0.4, -0.2) is 10.8 Å². The lowest BCUT2D eigenvalue weighted by Gasteiger charge is -2.17. The number of benzene rings is 3. The van der Waals surface area contributed by atoms with Crippen LogP contribution in [0, 0.1) is 11.6 Å². The molecule has 0 unspecified atom stereocenters. The number of nitrogens with one attached hydrogen (secondary N) is 1. The van der Waals surface area contributed by atoms with Crippen molar-refractivity contribution in [1.29, 1.82) is 0 Å². The maximum absolute atomic E-state index is 14.3. The number of carbonyl (C=O) groups is 1. The summed E-state index contributed by atoms with van der Waals surface area (Å²) in [4.78, 5) is 17.1. The first-order chi connectivity index (χ1) is 16.2. The number of para-hydroxylation sites is 1. The molecule has 172 valence electrons. The van der Waals surface area contributed by atoms with Gasteiger partial charge in [0.15, 0.2) is 5.75 Å². The molecule has 1 aromatic heterocycles. The Hall–Kier alpha value is -4.27. The van der Waals surface area contributed by atoms with E-state index in [1.807, 2.05) is 0 Å². The van der Waals surface area contributed by atoms with Gasteiger partial charge in [0.2, 0.25) is 5.78 Å². The smallest absolute Gasteiger partial charge is 0.416 e. The average molecular weight is 470 g/mol. The van der Waals surface area contributed by atoms with Crippen LogP contribution in [0.1, 0.15) is 21.6 Å². The van der Waals surface area contributed by atoms with Gasteiger partial charge in [-0.25, -0.2) is 8.78 Å². The van der Waals surface area contributed by atoms with E-state index in [1.54, 1.807) is 12.1 Å². The Labute approximate surface area is 190 Å². The lowest BCUT2D eigenvalue weighted by Crippen LogP contribution is -2.08. The predicted molar refractivity (Wildman–Crippen MR) is 115 cm³/mol. The molecule has 1 heterocycles. The molecule has 3 aromatic carbocycles. The number of rotatable bonds is 6. The van der Waals surface area contributed by atoms with Crippen LogP contribution in [-0.2, 0) is 6.18 Å². The Morgan fingerprint density at radius 3 is 2.35 bits per heavy atom. The van der Waals surface area contributed by atoms with Gasteiger partial charge in [-0.05, 0) is 54.6 Å². The number of nitrogens with zero attached hydrogens (tertiary/aromatic N) is 1. The quantitative estimate of drug-likeness (QED) is 0.240. The fraction of sp³-hybridized carbons (Fsp3) is 0.0400. The van der Waals surface area contributed by atoms with Gasteiger partial charge >= 0.3 is 6.18 Å². The highest BCUT2D eigenvalue weighted by Gasteiger charge is 2.31. The Bertz CT molecular complexity index is 1340. The maximum atomic E-state index is 14.3. The maximum Gasteiger partial charge on any atom is 0.416 e. The second kappa shape index (κ2) is 9.30. The van der Waals surface area contributed by atoms with Crippen molar-refractivity contribution in [2.75, 3.05) is 5.32 Å². The Morgan fingerprint density at radius 1 is 0.853 bits per heavy atom. The van der Waals surface area contributed by atoms with E-state index in [4.69, 9.17) is 4.74 Å². The molecule has 4 nitrogen and oxygen atoms in total. The topological polar surface area (TPSA) is 51.2 Å². The van der Waals surface area contributed by atoms with E-state index >= 15 is 0 Å². The second-order valence-electron chi connectivity index (χ2n) is 7.10. The van der Waals surface area contributed by atoms with Crippen LogP contribution in [0.4, 0.5) is 33.3 Å². The molecule has 34 heavy (non-hydrogen) atoms. The largest absolute Gasteiger partial charge is 0.454 e. The van der Waals surface area contributed by atoms with E-state index in [1.165, 1.54) is 36.5 Å². The normalized spacial score (nSPS) is 11.2. The Balaban J connectivity index is 1.81. The third kappa shape index (κ3) is 5.03. The summed E-state index contributed by atoms with van der Waals surface area (Å²) < 4.78 is 72.8. The van der Waals surface area contributed by atoms with Crippen LogP contribution in [0.5, 0.6) is 11.5 Å². The van der Waals surface area contributed by atoms with E-state index in [0.717, 1.165) is 30.3 Å². The molecule has 0 aliphatic carbocycles. The SMILES string of the molecule is O=C(c1ccccn1)c1cccc(Nc2ccc(F)cc2F)c1Oc1cccc(C(F)(F)F)c1. The van der Waals surface area contributed by atoms with E-state index in [2.05, 4.69) is 10.3 Å². The molecule has 0 spiro atoms. The molecule has 4 rings (SSSR count). The molecule has 0 bridgehead atoms. The van der Waals surface area contributed by atoms with Gasteiger partial charge in [-0.2, -0.15) is 13.2 Å². The van der Waals surface area contributed by atoms with Crippen LogP contribution in [0.2, 0.25) is 0 Å².